The summed E-state index contributed by atoms with van der Waals surface area (Å²) in [5.74, 6) is -6.02. The standard InChI is InChI=1S/C22H22F3N3O3/c1-3-12-28(13-18(29)27-17-10-9-16(23)20(24)21(17)25)19(30)11-6-14-4-7-15(8-5-14)22(31)26-2/h4-11H,3,12-13H2,1-2H3,(H,26,31)(H,27,29)/b11-6+. The maximum absolute atomic E-state index is 13.7. The van der Waals surface area contributed by atoms with E-state index < -0.39 is 41.5 Å². The highest BCUT2D eigenvalue weighted by molar-refractivity contribution is 5.98. The Labute approximate surface area is 177 Å². The van der Waals surface area contributed by atoms with Crippen molar-refractivity contribution in [3.05, 3.63) is 71.1 Å². The highest BCUT2D eigenvalue weighted by atomic mass is 19.2. The summed E-state index contributed by atoms with van der Waals surface area (Å²) in [6.45, 7) is 1.67. The third-order valence-electron chi connectivity index (χ3n) is 4.27. The maximum atomic E-state index is 13.7. The normalized spacial score (nSPS) is 10.7. The lowest BCUT2D eigenvalue weighted by Crippen LogP contribution is -2.37. The molecule has 0 saturated heterocycles. The first-order valence-corrected chi connectivity index (χ1v) is 9.49. The van der Waals surface area contributed by atoms with Crippen LogP contribution in [0.3, 0.4) is 0 Å². The van der Waals surface area contributed by atoms with Gasteiger partial charge >= 0.3 is 0 Å². The maximum Gasteiger partial charge on any atom is 0.251 e. The molecule has 0 fully saturated rings. The number of halogens is 3. The summed E-state index contributed by atoms with van der Waals surface area (Å²) < 4.78 is 40.0. The number of carbonyl (C=O) groups excluding carboxylic acids is 3. The molecule has 0 saturated carbocycles. The number of hydrogen-bond acceptors (Lipinski definition) is 3. The molecule has 6 nitrogen and oxygen atoms in total. The molecule has 0 aromatic heterocycles. The molecule has 2 N–H and O–H groups in total. The van der Waals surface area contributed by atoms with Crippen LogP contribution in [-0.2, 0) is 9.59 Å². The Hall–Kier alpha value is -3.62. The summed E-state index contributed by atoms with van der Waals surface area (Å²) in [5.41, 5.74) is 0.630. The van der Waals surface area contributed by atoms with E-state index in [2.05, 4.69) is 10.6 Å². The van der Waals surface area contributed by atoms with Crippen molar-refractivity contribution in [1.82, 2.24) is 10.2 Å². The zero-order chi connectivity index (χ0) is 23.0. The molecule has 0 aliphatic carbocycles. The summed E-state index contributed by atoms with van der Waals surface area (Å²) in [6, 6.07) is 8.14. The van der Waals surface area contributed by atoms with E-state index in [1.165, 1.54) is 24.1 Å². The van der Waals surface area contributed by atoms with Gasteiger partial charge in [0.25, 0.3) is 5.91 Å². The molecule has 164 valence electrons. The van der Waals surface area contributed by atoms with Crippen LogP contribution in [0.15, 0.2) is 42.5 Å². The van der Waals surface area contributed by atoms with Crippen LogP contribution in [0.1, 0.15) is 29.3 Å². The largest absolute Gasteiger partial charge is 0.355 e. The van der Waals surface area contributed by atoms with Gasteiger partial charge in [0.05, 0.1) is 5.69 Å². The van der Waals surface area contributed by atoms with Crippen molar-refractivity contribution in [2.45, 2.75) is 13.3 Å². The quantitative estimate of drug-likeness (QED) is 0.495. The molecule has 9 heteroatoms. The zero-order valence-electron chi connectivity index (χ0n) is 17.0. The third kappa shape index (κ3) is 6.43. The molecule has 0 aliphatic heterocycles. The minimum atomic E-state index is -1.69. The van der Waals surface area contributed by atoms with Crippen molar-refractivity contribution >= 4 is 29.5 Å². The minimum absolute atomic E-state index is 0.232. The van der Waals surface area contributed by atoms with Crippen LogP contribution in [0.4, 0.5) is 18.9 Å². The summed E-state index contributed by atoms with van der Waals surface area (Å²) >= 11 is 0. The topological polar surface area (TPSA) is 78.5 Å². The predicted octanol–water partition coefficient (Wildman–Crippen LogP) is 3.35. The van der Waals surface area contributed by atoms with Crippen molar-refractivity contribution in [3.63, 3.8) is 0 Å². The molecule has 0 unspecified atom stereocenters. The van der Waals surface area contributed by atoms with Gasteiger partial charge in [-0.05, 0) is 42.3 Å². The van der Waals surface area contributed by atoms with E-state index in [9.17, 15) is 27.6 Å². The predicted molar refractivity (Wildman–Crippen MR) is 111 cm³/mol. The SMILES string of the molecule is CCCN(CC(=O)Nc1ccc(F)c(F)c1F)C(=O)/C=C/c1ccc(C(=O)NC)cc1. The number of carbonyl (C=O) groups is 3. The van der Waals surface area contributed by atoms with Crippen molar-refractivity contribution in [1.29, 1.82) is 0 Å². The van der Waals surface area contributed by atoms with Gasteiger partial charge in [0, 0.05) is 25.2 Å². The highest BCUT2D eigenvalue weighted by Crippen LogP contribution is 2.19. The van der Waals surface area contributed by atoms with E-state index >= 15 is 0 Å². The number of amides is 3. The molecular weight excluding hydrogens is 411 g/mol. The fourth-order valence-corrected chi connectivity index (χ4v) is 2.69. The fraction of sp³-hybridized carbons (Fsp3) is 0.227. The summed E-state index contributed by atoms with van der Waals surface area (Å²) in [6.07, 6.45) is 3.37. The van der Waals surface area contributed by atoms with Gasteiger partial charge in [-0.15, -0.1) is 0 Å². The monoisotopic (exact) mass is 433 g/mol. The smallest absolute Gasteiger partial charge is 0.251 e. The number of nitrogens with zero attached hydrogens (tertiary/aromatic N) is 1. The molecule has 0 heterocycles. The van der Waals surface area contributed by atoms with Crippen LogP contribution in [0.2, 0.25) is 0 Å². The lowest BCUT2D eigenvalue weighted by molar-refractivity contribution is -0.130. The lowest BCUT2D eigenvalue weighted by Gasteiger charge is -2.20. The van der Waals surface area contributed by atoms with Crippen LogP contribution in [-0.4, -0.2) is 42.8 Å². The Balaban J connectivity index is 2.04. The summed E-state index contributed by atoms with van der Waals surface area (Å²) in [4.78, 5) is 37.5. The second-order valence-electron chi connectivity index (χ2n) is 6.57. The van der Waals surface area contributed by atoms with Gasteiger partial charge in [0.2, 0.25) is 11.8 Å². The van der Waals surface area contributed by atoms with Gasteiger partial charge in [-0.1, -0.05) is 19.1 Å². The van der Waals surface area contributed by atoms with Gasteiger partial charge < -0.3 is 15.5 Å². The van der Waals surface area contributed by atoms with E-state index in [1.54, 1.807) is 24.3 Å². The first-order chi connectivity index (χ1) is 14.8. The first kappa shape index (κ1) is 23.7. The Morgan fingerprint density at radius 3 is 2.29 bits per heavy atom. The van der Waals surface area contributed by atoms with Crippen LogP contribution in [0.25, 0.3) is 6.08 Å². The molecule has 2 rings (SSSR count). The first-order valence-electron chi connectivity index (χ1n) is 9.49. The van der Waals surface area contributed by atoms with Crippen LogP contribution in [0, 0.1) is 17.5 Å². The zero-order valence-corrected chi connectivity index (χ0v) is 17.0. The fourth-order valence-electron chi connectivity index (χ4n) is 2.69. The Morgan fingerprint density at radius 1 is 1.00 bits per heavy atom. The summed E-state index contributed by atoms with van der Waals surface area (Å²) in [7, 11) is 1.52. The molecule has 0 radical (unpaired) electrons. The van der Waals surface area contributed by atoms with E-state index in [1.807, 2.05) is 6.92 Å². The molecular formula is C22H22F3N3O3. The van der Waals surface area contributed by atoms with Gasteiger partial charge in [0.15, 0.2) is 17.5 Å². The molecule has 0 aliphatic rings. The second kappa shape index (κ2) is 11.0. The molecule has 2 aromatic rings. The van der Waals surface area contributed by atoms with Crippen LogP contribution in [0.5, 0.6) is 0 Å². The van der Waals surface area contributed by atoms with Gasteiger partial charge in [-0.2, -0.15) is 0 Å². The van der Waals surface area contributed by atoms with Crippen molar-refractivity contribution in [2.24, 2.45) is 0 Å². The van der Waals surface area contributed by atoms with E-state index in [-0.39, 0.29) is 12.5 Å². The van der Waals surface area contributed by atoms with Gasteiger partial charge in [0.1, 0.15) is 6.54 Å². The minimum Gasteiger partial charge on any atom is -0.355 e. The van der Waals surface area contributed by atoms with Gasteiger partial charge in [-0.3, -0.25) is 14.4 Å². The number of nitrogens with one attached hydrogen (secondary N) is 2. The van der Waals surface area contributed by atoms with Crippen molar-refractivity contribution < 1.29 is 27.6 Å². The van der Waals surface area contributed by atoms with E-state index in [0.29, 0.717) is 23.6 Å². The second-order valence-corrected chi connectivity index (χ2v) is 6.57. The Morgan fingerprint density at radius 2 is 1.68 bits per heavy atom. The van der Waals surface area contributed by atoms with E-state index in [0.717, 1.165) is 6.07 Å². The molecule has 0 atom stereocenters. The van der Waals surface area contributed by atoms with Gasteiger partial charge in [-0.25, -0.2) is 13.2 Å². The Kier molecular flexibility index (Phi) is 8.36. The number of rotatable bonds is 8. The average molecular weight is 433 g/mol. The summed E-state index contributed by atoms with van der Waals surface area (Å²) in [5, 5.41) is 4.65. The van der Waals surface area contributed by atoms with Crippen LogP contribution >= 0.6 is 0 Å². The lowest BCUT2D eigenvalue weighted by atomic mass is 10.1. The van der Waals surface area contributed by atoms with E-state index in [4.69, 9.17) is 0 Å². The third-order valence-corrected chi connectivity index (χ3v) is 4.27. The number of benzene rings is 2. The number of anilines is 1. The molecule has 31 heavy (non-hydrogen) atoms. The molecule has 0 bridgehead atoms. The molecule has 0 spiro atoms. The molecule has 3 amide bonds. The van der Waals surface area contributed by atoms with Crippen molar-refractivity contribution in [3.8, 4) is 0 Å². The Bertz CT molecular complexity index is 991. The van der Waals surface area contributed by atoms with Crippen molar-refractivity contribution in [2.75, 3.05) is 25.5 Å². The average Bonchev–Trinajstić information content (AvgIpc) is 2.77. The number of hydrogen-bond donors (Lipinski definition) is 2. The van der Waals surface area contributed by atoms with Crippen LogP contribution < -0.4 is 10.6 Å². The highest BCUT2D eigenvalue weighted by Gasteiger charge is 2.18. The molecule has 2 aromatic carbocycles.